The van der Waals surface area contributed by atoms with Crippen LogP contribution in [0.3, 0.4) is 0 Å². The summed E-state index contributed by atoms with van der Waals surface area (Å²) in [6, 6.07) is 0. The Hall–Kier alpha value is -0.730. The molecule has 104 valence electrons. The predicted molar refractivity (Wildman–Crippen MR) is 72.5 cm³/mol. The van der Waals surface area contributed by atoms with Gasteiger partial charge in [0.05, 0.1) is 0 Å². The maximum atomic E-state index is 12.1. The lowest BCUT2D eigenvalue weighted by Gasteiger charge is -2.35. The van der Waals surface area contributed by atoms with E-state index in [1.807, 2.05) is 4.90 Å². The van der Waals surface area contributed by atoms with Crippen LogP contribution >= 0.6 is 0 Å². The Kier molecular flexibility index (Phi) is 4.18. The Morgan fingerprint density at radius 1 is 1.22 bits per heavy atom. The smallest absolute Gasteiger partial charge is 0.410 e. The van der Waals surface area contributed by atoms with E-state index in [2.05, 4.69) is 20.8 Å². The summed E-state index contributed by atoms with van der Waals surface area (Å²) in [6.45, 7) is 8.38. The van der Waals surface area contributed by atoms with E-state index in [1.165, 1.54) is 12.8 Å². The highest BCUT2D eigenvalue weighted by Crippen LogP contribution is 2.33. The van der Waals surface area contributed by atoms with Crippen LogP contribution in [0.4, 0.5) is 4.79 Å². The molecular weight excluding hydrogens is 226 g/mol. The van der Waals surface area contributed by atoms with E-state index in [0.29, 0.717) is 0 Å². The van der Waals surface area contributed by atoms with Crippen LogP contribution in [-0.2, 0) is 4.74 Å². The number of likely N-dealkylation sites (tertiary alicyclic amines) is 1. The summed E-state index contributed by atoms with van der Waals surface area (Å²) in [6.07, 6.45) is 6.62. The monoisotopic (exact) mass is 253 g/mol. The van der Waals surface area contributed by atoms with Gasteiger partial charge < -0.3 is 9.64 Å². The normalized spacial score (nSPS) is 24.6. The molecule has 1 aliphatic heterocycles. The second-order valence-electron chi connectivity index (χ2n) is 6.59. The van der Waals surface area contributed by atoms with Crippen LogP contribution in [0, 0.1) is 11.8 Å². The highest BCUT2D eigenvalue weighted by molar-refractivity contribution is 5.68. The molecule has 0 aromatic heterocycles. The van der Waals surface area contributed by atoms with Gasteiger partial charge in [0.15, 0.2) is 0 Å². The van der Waals surface area contributed by atoms with Crippen molar-refractivity contribution < 1.29 is 9.53 Å². The first-order valence-electron chi connectivity index (χ1n) is 7.48. The van der Waals surface area contributed by atoms with Gasteiger partial charge in [-0.25, -0.2) is 4.79 Å². The highest BCUT2D eigenvalue weighted by atomic mass is 16.6. The molecule has 0 radical (unpaired) electrons. The molecule has 1 saturated carbocycles. The van der Waals surface area contributed by atoms with Gasteiger partial charge in [0.25, 0.3) is 0 Å². The molecule has 3 nitrogen and oxygen atoms in total. The van der Waals surface area contributed by atoms with Crippen molar-refractivity contribution in [1.82, 2.24) is 4.90 Å². The number of carbonyl (C=O) groups excluding carboxylic acids is 1. The van der Waals surface area contributed by atoms with Gasteiger partial charge in [0.1, 0.15) is 5.60 Å². The van der Waals surface area contributed by atoms with E-state index in [1.54, 1.807) is 0 Å². The SMILES string of the molecule is CC(C)C1CCN(C(=O)OC2(C)CCCC2)CC1. The third-order valence-electron chi connectivity index (χ3n) is 4.74. The van der Waals surface area contributed by atoms with Crippen LogP contribution in [0.15, 0.2) is 0 Å². The zero-order valence-corrected chi connectivity index (χ0v) is 12.1. The Morgan fingerprint density at radius 3 is 2.28 bits per heavy atom. The van der Waals surface area contributed by atoms with Gasteiger partial charge in [-0.15, -0.1) is 0 Å². The number of amides is 1. The lowest BCUT2D eigenvalue weighted by atomic mass is 9.87. The lowest BCUT2D eigenvalue weighted by Crippen LogP contribution is -2.43. The van der Waals surface area contributed by atoms with Crippen LogP contribution < -0.4 is 0 Å². The predicted octanol–water partition coefficient (Wildman–Crippen LogP) is 3.82. The van der Waals surface area contributed by atoms with E-state index >= 15 is 0 Å². The zero-order chi connectivity index (χ0) is 13.2. The van der Waals surface area contributed by atoms with Crippen molar-refractivity contribution in [3.05, 3.63) is 0 Å². The molecule has 0 aromatic rings. The number of carbonyl (C=O) groups is 1. The number of hydrogen-bond acceptors (Lipinski definition) is 2. The first-order chi connectivity index (χ1) is 8.50. The fourth-order valence-electron chi connectivity index (χ4n) is 3.25. The van der Waals surface area contributed by atoms with Gasteiger partial charge in [-0.05, 0) is 57.3 Å². The number of nitrogens with zero attached hydrogens (tertiary/aromatic N) is 1. The van der Waals surface area contributed by atoms with Crippen molar-refractivity contribution in [3.63, 3.8) is 0 Å². The number of ether oxygens (including phenoxy) is 1. The van der Waals surface area contributed by atoms with Crippen LogP contribution in [0.2, 0.25) is 0 Å². The highest BCUT2D eigenvalue weighted by Gasteiger charge is 2.35. The van der Waals surface area contributed by atoms with Crippen molar-refractivity contribution >= 4 is 6.09 Å². The van der Waals surface area contributed by atoms with Crippen LogP contribution in [-0.4, -0.2) is 29.7 Å². The second-order valence-corrected chi connectivity index (χ2v) is 6.59. The van der Waals surface area contributed by atoms with Crippen molar-refractivity contribution in [1.29, 1.82) is 0 Å². The molecule has 1 amide bonds. The molecule has 18 heavy (non-hydrogen) atoms. The van der Waals surface area contributed by atoms with Crippen molar-refractivity contribution in [2.24, 2.45) is 11.8 Å². The summed E-state index contributed by atoms with van der Waals surface area (Å²) in [5, 5.41) is 0. The maximum Gasteiger partial charge on any atom is 0.410 e. The van der Waals surface area contributed by atoms with E-state index in [-0.39, 0.29) is 11.7 Å². The van der Waals surface area contributed by atoms with Crippen LogP contribution in [0.1, 0.15) is 59.3 Å². The van der Waals surface area contributed by atoms with Crippen molar-refractivity contribution in [3.8, 4) is 0 Å². The molecule has 0 aromatic carbocycles. The topological polar surface area (TPSA) is 29.5 Å². The molecule has 2 rings (SSSR count). The maximum absolute atomic E-state index is 12.1. The van der Waals surface area contributed by atoms with Crippen LogP contribution in [0.25, 0.3) is 0 Å². The van der Waals surface area contributed by atoms with Gasteiger partial charge in [0.2, 0.25) is 0 Å². The second kappa shape index (κ2) is 5.50. The van der Waals surface area contributed by atoms with Gasteiger partial charge >= 0.3 is 6.09 Å². The minimum Gasteiger partial charge on any atom is -0.443 e. The van der Waals surface area contributed by atoms with E-state index < -0.39 is 0 Å². The van der Waals surface area contributed by atoms with Gasteiger partial charge in [-0.1, -0.05) is 13.8 Å². The van der Waals surface area contributed by atoms with Gasteiger partial charge in [-0.2, -0.15) is 0 Å². The molecule has 1 saturated heterocycles. The van der Waals surface area contributed by atoms with Gasteiger partial charge in [-0.3, -0.25) is 0 Å². The fraction of sp³-hybridized carbons (Fsp3) is 0.933. The largest absolute Gasteiger partial charge is 0.443 e. The molecule has 0 unspecified atom stereocenters. The minimum absolute atomic E-state index is 0.0818. The summed E-state index contributed by atoms with van der Waals surface area (Å²) in [4.78, 5) is 14.0. The first-order valence-corrected chi connectivity index (χ1v) is 7.48. The molecule has 2 aliphatic rings. The Bertz CT molecular complexity index is 287. The van der Waals surface area contributed by atoms with Crippen molar-refractivity contribution in [2.75, 3.05) is 13.1 Å². The Morgan fingerprint density at radius 2 is 1.78 bits per heavy atom. The quantitative estimate of drug-likeness (QED) is 0.748. The van der Waals surface area contributed by atoms with E-state index in [0.717, 1.165) is 50.6 Å². The molecular formula is C15H27NO2. The third kappa shape index (κ3) is 3.18. The summed E-state index contributed by atoms with van der Waals surface area (Å²) >= 11 is 0. The minimum atomic E-state index is -0.189. The molecule has 3 heteroatoms. The molecule has 2 fully saturated rings. The third-order valence-corrected chi connectivity index (χ3v) is 4.74. The molecule has 1 aliphatic carbocycles. The number of piperidine rings is 1. The average molecular weight is 253 g/mol. The van der Waals surface area contributed by atoms with Gasteiger partial charge in [0, 0.05) is 13.1 Å². The van der Waals surface area contributed by atoms with Crippen molar-refractivity contribution in [2.45, 2.75) is 64.9 Å². The summed E-state index contributed by atoms with van der Waals surface area (Å²) in [5.41, 5.74) is -0.189. The van der Waals surface area contributed by atoms with E-state index in [4.69, 9.17) is 4.74 Å². The molecule has 0 spiro atoms. The Labute approximate surface area is 111 Å². The number of rotatable bonds is 2. The zero-order valence-electron chi connectivity index (χ0n) is 12.1. The van der Waals surface area contributed by atoms with E-state index in [9.17, 15) is 4.79 Å². The molecule has 1 heterocycles. The van der Waals surface area contributed by atoms with Crippen LogP contribution in [0.5, 0.6) is 0 Å². The summed E-state index contributed by atoms with van der Waals surface area (Å²) in [7, 11) is 0. The number of hydrogen-bond donors (Lipinski definition) is 0. The standard InChI is InChI=1S/C15H27NO2/c1-12(2)13-6-10-16(11-7-13)14(17)18-15(3)8-4-5-9-15/h12-13H,4-11H2,1-3H3. The molecule has 0 N–H and O–H groups in total. The molecule has 0 atom stereocenters. The summed E-state index contributed by atoms with van der Waals surface area (Å²) < 4.78 is 5.72. The Balaban J connectivity index is 1.80. The summed E-state index contributed by atoms with van der Waals surface area (Å²) in [5.74, 6) is 1.51. The lowest BCUT2D eigenvalue weighted by molar-refractivity contribution is -0.000303. The molecule has 0 bridgehead atoms. The first kappa shape index (κ1) is 13.7. The average Bonchev–Trinajstić information content (AvgIpc) is 2.76. The fourth-order valence-corrected chi connectivity index (χ4v) is 3.25.